The first-order valence-corrected chi connectivity index (χ1v) is 5.57. The van der Waals surface area contributed by atoms with Crippen LogP contribution in [0.25, 0.3) is 0 Å². The van der Waals surface area contributed by atoms with Gasteiger partial charge < -0.3 is 4.90 Å². The number of nitrogens with zero attached hydrogens (tertiary/aromatic N) is 4. The largest absolute Gasteiger partial charge is 0.308 e. The molecule has 0 aromatic carbocycles. The molecule has 0 aromatic heterocycles. The third-order valence-corrected chi connectivity index (χ3v) is 3.05. The number of hydrogen-bond donors (Lipinski definition) is 0. The van der Waals surface area contributed by atoms with Crippen molar-refractivity contribution in [3.63, 3.8) is 0 Å². The third-order valence-electron chi connectivity index (χ3n) is 3.05. The summed E-state index contributed by atoms with van der Waals surface area (Å²) in [5.41, 5.74) is 0. The fraction of sp³-hybridized carbons (Fsp3) is 0.909. The molecular weight excluding hydrogens is 188 g/mol. The first-order valence-electron chi connectivity index (χ1n) is 5.57. The summed E-state index contributed by atoms with van der Waals surface area (Å²) in [6, 6.07) is 2.70. The van der Waals surface area contributed by atoms with E-state index >= 15 is 0 Å². The van der Waals surface area contributed by atoms with Crippen molar-refractivity contribution in [2.75, 3.05) is 53.9 Å². The number of rotatable bonds is 4. The van der Waals surface area contributed by atoms with Crippen molar-refractivity contribution in [2.45, 2.75) is 12.5 Å². The molecule has 4 nitrogen and oxygen atoms in total. The molecule has 1 atom stereocenters. The van der Waals surface area contributed by atoms with E-state index in [0.29, 0.717) is 12.5 Å². The van der Waals surface area contributed by atoms with Gasteiger partial charge >= 0.3 is 0 Å². The van der Waals surface area contributed by atoms with E-state index in [1.54, 1.807) is 0 Å². The Hall–Kier alpha value is -0.630. The molecule has 0 spiro atoms. The maximum absolute atomic E-state index is 8.74. The highest BCUT2D eigenvalue weighted by Gasteiger charge is 2.23. The molecule has 0 bridgehead atoms. The minimum absolute atomic E-state index is 0.422. The van der Waals surface area contributed by atoms with Gasteiger partial charge in [0.1, 0.15) is 0 Å². The summed E-state index contributed by atoms with van der Waals surface area (Å²) in [6.45, 7) is 5.47. The lowest BCUT2D eigenvalue weighted by molar-refractivity contribution is 0.0926. The van der Waals surface area contributed by atoms with Crippen LogP contribution in [-0.4, -0.2) is 74.6 Å². The standard InChI is InChI=1S/C11H22N4/c1-13(2)6-8-15-9-7-14(3)11(10-15)4-5-12/h11H,4,6-10H2,1-3H3. The lowest BCUT2D eigenvalue weighted by Gasteiger charge is -2.38. The summed E-state index contributed by atoms with van der Waals surface area (Å²) in [6.07, 6.45) is 0.648. The average molecular weight is 210 g/mol. The topological polar surface area (TPSA) is 33.5 Å². The smallest absolute Gasteiger partial charge is 0.0638 e. The number of nitriles is 1. The first-order chi connectivity index (χ1) is 7.13. The quantitative estimate of drug-likeness (QED) is 0.658. The van der Waals surface area contributed by atoms with E-state index in [0.717, 1.165) is 32.7 Å². The van der Waals surface area contributed by atoms with Crippen molar-refractivity contribution in [1.29, 1.82) is 5.26 Å². The summed E-state index contributed by atoms with van der Waals surface area (Å²) < 4.78 is 0. The van der Waals surface area contributed by atoms with Gasteiger partial charge in [-0.1, -0.05) is 0 Å². The summed E-state index contributed by atoms with van der Waals surface area (Å²) in [4.78, 5) is 6.97. The fourth-order valence-corrected chi connectivity index (χ4v) is 1.88. The van der Waals surface area contributed by atoms with Gasteiger partial charge in [-0.2, -0.15) is 5.26 Å². The Morgan fingerprint density at radius 3 is 2.73 bits per heavy atom. The van der Waals surface area contributed by atoms with Crippen molar-refractivity contribution in [3.05, 3.63) is 0 Å². The van der Waals surface area contributed by atoms with Crippen molar-refractivity contribution < 1.29 is 0 Å². The molecule has 15 heavy (non-hydrogen) atoms. The molecule has 1 fully saturated rings. The van der Waals surface area contributed by atoms with Gasteiger partial charge in [0.25, 0.3) is 0 Å². The van der Waals surface area contributed by atoms with Crippen LogP contribution >= 0.6 is 0 Å². The van der Waals surface area contributed by atoms with Crippen LogP contribution in [0.1, 0.15) is 6.42 Å². The summed E-state index contributed by atoms with van der Waals surface area (Å²) >= 11 is 0. The molecule has 1 aliphatic rings. The Labute approximate surface area is 93.1 Å². The Kier molecular flexibility index (Phi) is 5.03. The number of hydrogen-bond acceptors (Lipinski definition) is 4. The van der Waals surface area contributed by atoms with Crippen LogP contribution in [0.5, 0.6) is 0 Å². The highest BCUT2D eigenvalue weighted by atomic mass is 15.3. The maximum atomic E-state index is 8.74. The van der Waals surface area contributed by atoms with Crippen molar-refractivity contribution in [2.24, 2.45) is 0 Å². The highest BCUT2D eigenvalue weighted by Crippen LogP contribution is 2.09. The van der Waals surface area contributed by atoms with Gasteiger partial charge in [0, 0.05) is 38.8 Å². The molecule has 0 aliphatic carbocycles. The minimum atomic E-state index is 0.422. The highest BCUT2D eigenvalue weighted by molar-refractivity contribution is 4.87. The van der Waals surface area contributed by atoms with Gasteiger partial charge in [-0.15, -0.1) is 0 Å². The first kappa shape index (κ1) is 12.4. The molecule has 1 heterocycles. The van der Waals surface area contributed by atoms with Crippen LogP contribution in [0, 0.1) is 11.3 Å². The lowest BCUT2D eigenvalue weighted by Crippen LogP contribution is -2.52. The van der Waals surface area contributed by atoms with Crippen LogP contribution in [-0.2, 0) is 0 Å². The zero-order valence-electron chi connectivity index (χ0n) is 10.1. The molecule has 1 rings (SSSR count). The second-order valence-electron chi connectivity index (χ2n) is 4.60. The van der Waals surface area contributed by atoms with Gasteiger partial charge in [-0.05, 0) is 21.1 Å². The molecular formula is C11H22N4. The molecule has 1 unspecified atom stereocenters. The zero-order chi connectivity index (χ0) is 11.3. The van der Waals surface area contributed by atoms with E-state index in [2.05, 4.69) is 41.9 Å². The van der Waals surface area contributed by atoms with E-state index in [4.69, 9.17) is 5.26 Å². The van der Waals surface area contributed by atoms with Gasteiger partial charge in [-0.3, -0.25) is 9.80 Å². The fourth-order valence-electron chi connectivity index (χ4n) is 1.88. The molecule has 0 amide bonds. The predicted octanol–water partition coefficient (Wildman–Crippen LogP) is 0.0777. The van der Waals surface area contributed by atoms with E-state index in [9.17, 15) is 0 Å². The summed E-state index contributed by atoms with van der Waals surface area (Å²) in [5, 5.41) is 8.74. The van der Waals surface area contributed by atoms with Crippen molar-refractivity contribution >= 4 is 0 Å². The normalized spacial score (nSPS) is 24.3. The maximum Gasteiger partial charge on any atom is 0.0638 e. The molecule has 0 aromatic rings. The molecule has 86 valence electrons. The van der Waals surface area contributed by atoms with Gasteiger partial charge in [-0.25, -0.2) is 0 Å². The molecule has 1 aliphatic heterocycles. The van der Waals surface area contributed by atoms with Crippen LogP contribution < -0.4 is 0 Å². The average Bonchev–Trinajstić information content (AvgIpc) is 2.19. The Bertz CT molecular complexity index is 221. The van der Waals surface area contributed by atoms with Gasteiger partial charge in [0.05, 0.1) is 12.5 Å². The van der Waals surface area contributed by atoms with Crippen LogP contribution in [0.3, 0.4) is 0 Å². The van der Waals surface area contributed by atoms with Gasteiger partial charge in [0.15, 0.2) is 0 Å². The van der Waals surface area contributed by atoms with Crippen LogP contribution in [0.4, 0.5) is 0 Å². The second-order valence-corrected chi connectivity index (χ2v) is 4.60. The van der Waals surface area contributed by atoms with Gasteiger partial charge in [0.2, 0.25) is 0 Å². The SMILES string of the molecule is CN(C)CCN1CCN(C)C(CC#N)C1. The predicted molar refractivity (Wildman–Crippen MR) is 61.6 cm³/mol. The molecule has 0 N–H and O–H groups in total. The molecule has 1 saturated heterocycles. The molecule has 0 saturated carbocycles. The van der Waals surface area contributed by atoms with Crippen LogP contribution in [0.15, 0.2) is 0 Å². The Morgan fingerprint density at radius 1 is 1.40 bits per heavy atom. The molecule has 0 radical (unpaired) electrons. The van der Waals surface area contributed by atoms with Crippen molar-refractivity contribution in [3.8, 4) is 6.07 Å². The zero-order valence-corrected chi connectivity index (χ0v) is 10.1. The van der Waals surface area contributed by atoms with E-state index < -0.39 is 0 Å². The monoisotopic (exact) mass is 210 g/mol. The van der Waals surface area contributed by atoms with E-state index in [1.807, 2.05) is 0 Å². The Balaban J connectivity index is 2.33. The van der Waals surface area contributed by atoms with Crippen LogP contribution in [0.2, 0.25) is 0 Å². The lowest BCUT2D eigenvalue weighted by atomic mass is 10.1. The number of likely N-dealkylation sites (N-methyl/N-ethyl adjacent to an activating group) is 2. The summed E-state index contributed by atoms with van der Waals surface area (Å²) in [7, 11) is 6.32. The number of piperazine rings is 1. The second kappa shape index (κ2) is 6.06. The summed E-state index contributed by atoms with van der Waals surface area (Å²) in [5.74, 6) is 0. The third kappa shape index (κ3) is 4.17. The minimum Gasteiger partial charge on any atom is -0.308 e. The molecule has 4 heteroatoms. The Morgan fingerprint density at radius 2 is 2.13 bits per heavy atom. The van der Waals surface area contributed by atoms with E-state index in [1.165, 1.54) is 0 Å². The van der Waals surface area contributed by atoms with E-state index in [-0.39, 0.29) is 0 Å². The van der Waals surface area contributed by atoms with Crippen molar-refractivity contribution in [1.82, 2.24) is 14.7 Å².